The van der Waals surface area contributed by atoms with Crippen molar-refractivity contribution in [2.75, 3.05) is 0 Å². The van der Waals surface area contributed by atoms with Gasteiger partial charge >= 0.3 is 29.9 Å². The standard InChI is InChI=1S/C11H4F11/c12-7(13,6-4-2-1-3-5-6)8(14,15)9(16,17)10(18,19)11(20,21)22/h2-5H. The summed E-state index contributed by atoms with van der Waals surface area (Å²) in [6.07, 6.45) is -7.15. The number of halogens is 11. The summed E-state index contributed by atoms with van der Waals surface area (Å²) in [4.78, 5) is 0. The van der Waals surface area contributed by atoms with E-state index >= 15 is 0 Å². The van der Waals surface area contributed by atoms with Gasteiger partial charge in [0.1, 0.15) is 0 Å². The van der Waals surface area contributed by atoms with E-state index in [1.165, 1.54) is 0 Å². The Bertz CT molecular complexity index is 515. The summed E-state index contributed by atoms with van der Waals surface area (Å²) in [5.74, 6) is -27.8. The molecule has 0 unspecified atom stereocenters. The minimum absolute atomic E-state index is 0.135. The average molecular weight is 345 g/mol. The molecule has 1 radical (unpaired) electrons. The Morgan fingerprint density at radius 1 is 0.591 bits per heavy atom. The lowest BCUT2D eigenvalue weighted by Crippen LogP contribution is -2.65. The van der Waals surface area contributed by atoms with Crippen LogP contribution in [0.25, 0.3) is 0 Å². The van der Waals surface area contributed by atoms with Gasteiger partial charge in [-0.15, -0.1) is 0 Å². The fourth-order valence-corrected chi connectivity index (χ4v) is 1.35. The molecular formula is C11H4F11. The summed E-state index contributed by atoms with van der Waals surface area (Å²) < 4.78 is 140. The van der Waals surface area contributed by atoms with Crippen LogP contribution in [0.5, 0.6) is 0 Å². The fourth-order valence-electron chi connectivity index (χ4n) is 1.35. The lowest BCUT2D eigenvalue weighted by molar-refractivity contribution is -0.424. The Labute approximate surface area is 115 Å². The molecule has 0 heterocycles. The van der Waals surface area contributed by atoms with Crippen LogP contribution in [-0.4, -0.2) is 23.9 Å². The van der Waals surface area contributed by atoms with Crippen molar-refractivity contribution in [3.8, 4) is 0 Å². The maximum absolute atomic E-state index is 13.4. The highest BCUT2D eigenvalue weighted by Gasteiger charge is 2.87. The molecule has 0 aliphatic heterocycles. The van der Waals surface area contributed by atoms with E-state index in [0.717, 1.165) is 0 Å². The molecule has 0 bridgehead atoms. The van der Waals surface area contributed by atoms with Gasteiger partial charge in [-0.3, -0.25) is 0 Å². The van der Waals surface area contributed by atoms with Gasteiger partial charge in [-0.05, 0) is 6.07 Å². The van der Waals surface area contributed by atoms with Gasteiger partial charge < -0.3 is 0 Å². The molecule has 0 spiro atoms. The monoisotopic (exact) mass is 345 g/mol. The summed E-state index contributed by atoms with van der Waals surface area (Å²) in [7, 11) is 0. The molecule has 0 aromatic heterocycles. The summed E-state index contributed by atoms with van der Waals surface area (Å²) in [6, 6.07) is 3.46. The first-order chi connectivity index (χ1) is 9.61. The second-order valence-corrected chi connectivity index (χ2v) is 4.08. The number of benzene rings is 1. The normalized spacial score (nSPS) is 15.0. The molecule has 0 fully saturated rings. The van der Waals surface area contributed by atoms with Gasteiger partial charge in [0.15, 0.2) is 0 Å². The molecule has 0 nitrogen and oxygen atoms in total. The predicted molar refractivity (Wildman–Crippen MR) is 50.1 cm³/mol. The quantitative estimate of drug-likeness (QED) is 0.670. The zero-order valence-corrected chi connectivity index (χ0v) is 9.97. The van der Waals surface area contributed by atoms with Crippen LogP contribution in [-0.2, 0) is 5.92 Å². The van der Waals surface area contributed by atoms with E-state index in [1.54, 1.807) is 0 Å². The maximum atomic E-state index is 13.4. The van der Waals surface area contributed by atoms with Crippen LogP contribution in [0, 0.1) is 6.07 Å². The summed E-state index contributed by atoms with van der Waals surface area (Å²) in [5.41, 5.74) is -1.87. The summed E-state index contributed by atoms with van der Waals surface area (Å²) in [5, 5.41) is 0. The van der Waals surface area contributed by atoms with E-state index in [-0.39, 0.29) is 12.1 Å². The van der Waals surface area contributed by atoms with Crippen molar-refractivity contribution in [2.45, 2.75) is 29.9 Å². The molecule has 1 aromatic carbocycles. The lowest BCUT2D eigenvalue weighted by Gasteiger charge is -2.37. The van der Waals surface area contributed by atoms with Gasteiger partial charge in [-0.2, -0.15) is 48.3 Å². The minimum Gasteiger partial charge on any atom is -0.194 e. The molecule has 0 saturated carbocycles. The smallest absolute Gasteiger partial charge is 0.194 e. The highest BCUT2D eigenvalue weighted by molar-refractivity contribution is 5.24. The van der Waals surface area contributed by atoms with Gasteiger partial charge in [0.25, 0.3) is 0 Å². The van der Waals surface area contributed by atoms with E-state index in [4.69, 9.17) is 0 Å². The molecule has 0 amide bonds. The van der Waals surface area contributed by atoms with Crippen molar-refractivity contribution in [1.82, 2.24) is 0 Å². The topological polar surface area (TPSA) is 0 Å². The number of alkyl halides is 11. The van der Waals surface area contributed by atoms with Crippen molar-refractivity contribution >= 4 is 0 Å². The molecule has 0 aliphatic rings. The van der Waals surface area contributed by atoms with Gasteiger partial charge in [0.2, 0.25) is 0 Å². The molecule has 125 valence electrons. The third-order valence-corrected chi connectivity index (χ3v) is 2.62. The largest absolute Gasteiger partial charge is 0.460 e. The van der Waals surface area contributed by atoms with E-state index in [2.05, 4.69) is 6.07 Å². The van der Waals surface area contributed by atoms with Crippen LogP contribution >= 0.6 is 0 Å². The third-order valence-electron chi connectivity index (χ3n) is 2.62. The van der Waals surface area contributed by atoms with E-state index in [1.807, 2.05) is 0 Å². The minimum atomic E-state index is -7.39. The highest BCUT2D eigenvalue weighted by Crippen LogP contribution is 2.59. The number of hydrogen-bond donors (Lipinski definition) is 0. The molecule has 0 aliphatic carbocycles. The molecule has 11 heteroatoms. The van der Waals surface area contributed by atoms with Gasteiger partial charge in [-0.1, -0.05) is 24.3 Å². The van der Waals surface area contributed by atoms with Crippen LogP contribution < -0.4 is 0 Å². The Morgan fingerprint density at radius 3 is 1.36 bits per heavy atom. The maximum Gasteiger partial charge on any atom is 0.460 e. The Morgan fingerprint density at radius 2 is 1.00 bits per heavy atom. The lowest BCUT2D eigenvalue weighted by atomic mass is 9.93. The second-order valence-electron chi connectivity index (χ2n) is 4.08. The molecule has 0 atom stereocenters. The highest BCUT2D eigenvalue weighted by atomic mass is 19.4. The van der Waals surface area contributed by atoms with Crippen molar-refractivity contribution in [3.05, 3.63) is 35.9 Å². The average Bonchev–Trinajstić information content (AvgIpc) is 2.37. The van der Waals surface area contributed by atoms with E-state index in [9.17, 15) is 48.3 Å². The molecule has 0 N–H and O–H groups in total. The third kappa shape index (κ3) is 2.39. The van der Waals surface area contributed by atoms with Crippen LogP contribution in [0.15, 0.2) is 24.3 Å². The predicted octanol–water partition coefficient (Wildman–Crippen LogP) is 5.05. The van der Waals surface area contributed by atoms with E-state index in [0.29, 0.717) is 12.1 Å². The van der Waals surface area contributed by atoms with Crippen LogP contribution in [0.2, 0.25) is 0 Å². The molecule has 1 aromatic rings. The first-order valence-electron chi connectivity index (χ1n) is 5.15. The van der Waals surface area contributed by atoms with Crippen LogP contribution in [0.1, 0.15) is 5.56 Å². The van der Waals surface area contributed by atoms with Crippen molar-refractivity contribution in [1.29, 1.82) is 0 Å². The zero-order chi connectivity index (χ0) is 17.6. The Kier molecular flexibility index (Phi) is 4.19. The van der Waals surface area contributed by atoms with Gasteiger partial charge in [0, 0.05) is 5.56 Å². The zero-order valence-electron chi connectivity index (χ0n) is 9.97. The second kappa shape index (κ2) is 4.98. The van der Waals surface area contributed by atoms with Gasteiger partial charge in [0.05, 0.1) is 0 Å². The summed E-state index contributed by atoms with van der Waals surface area (Å²) >= 11 is 0. The number of hydrogen-bond acceptors (Lipinski definition) is 0. The van der Waals surface area contributed by atoms with Crippen LogP contribution in [0.4, 0.5) is 48.3 Å². The molecule has 0 saturated heterocycles. The van der Waals surface area contributed by atoms with E-state index < -0.39 is 35.4 Å². The van der Waals surface area contributed by atoms with Crippen molar-refractivity contribution < 1.29 is 48.3 Å². The number of rotatable bonds is 4. The molecule has 22 heavy (non-hydrogen) atoms. The van der Waals surface area contributed by atoms with Gasteiger partial charge in [-0.25, -0.2) is 0 Å². The molecular weight excluding hydrogens is 341 g/mol. The first kappa shape index (κ1) is 18.5. The van der Waals surface area contributed by atoms with Crippen molar-refractivity contribution in [3.63, 3.8) is 0 Å². The van der Waals surface area contributed by atoms with Crippen molar-refractivity contribution in [2.24, 2.45) is 0 Å². The van der Waals surface area contributed by atoms with Crippen LogP contribution in [0.3, 0.4) is 0 Å². The SMILES string of the molecule is FC(F)(F)C(F)(F)C(F)(F)C(F)(F)C(F)(F)c1cc[c]cc1. The fraction of sp³-hybridized carbons (Fsp3) is 0.455. The first-order valence-corrected chi connectivity index (χ1v) is 5.15. The Balaban J connectivity index is 3.45. The summed E-state index contributed by atoms with van der Waals surface area (Å²) in [6.45, 7) is 0. The molecule has 1 rings (SSSR count). The Hall–Kier alpha value is -1.55.